The lowest BCUT2D eigenvalue weighted by Crippen LogP contribution is -2.49. The fraction of sp³-hybridized carbons (Fsp3) is 0.308. The molecule has 0 spiro atoms. The van der Waals surface area contributed by atoms with Gasteiger partial charge in [-0.05, 0) is 25.6 Å². The number of rotatable bonds is 4. The van der Waals surface area contributed by atoms with Crippen molar-refractivity contribution < 1.29 is 9.90 Å². The molecule has 1 aromatic carbocycles. The van der Waals surface area contributed by atoms with E-state index >= 15 is 0 Å². The maximum atomic E-state index is 11.2. The van der Waals surface area contributed by atoms with Crippen LogP contribution in [0.3, 0.4) is 0 Å². The number of aromatic amines is 1. The predicted molar refractivity (Wildman–Crippen MR) is 67.1 cm³/mol. The zero-order chi connectivity index (χ0) is 12.5. The molecule has 0 amide bonds. The highest BCUT2D eigenvalue weighted by atomic mass is 16.4. The summed E-state index contributed by atoms with van der Waals surface area (Å²) < 4.78 is 0. The van der Waals surface area contributed by atoms with E-state index < -0.39 is 11.5 Å². The van der Waals surface area contributed by atoms with Crippen LogP contribution in [-0.2, 0) is 11.2 Å². The van der Waals surface area contributed by atoms with Crippen molar-refractivity contribution in [3.8, 4) is 0 Å². The molecule has 90 valence electrons. The summed E-state index contributed by atoms with van der Waals surface area (Å²) in [4.78, 5) is 14.4. The van der Waals surface area contributed by atoms with Crippen molar-refractivity contribution in [1.29, 1.82) is 0 Å². The molecule has 17 heavy (non-hydrogen) atoms. The molecule has 0 saturated carbocycles. The Hall–Kier alpha value is -1.81. The second-order valence-electron chi connectivity index (χ2n) is 4.42. The second kappa shape index (κ2) is 4.22. The van der Waals surface area contributed by atoms with E-state index in [-0.39, 0.29) is 0 Å². The van der Waals surface area contributed by atoms with Crippen LogP contribution in [-0.4, -0.2) is 28.6 Å². The summed E-state index contributed by atoms with van der Waals surface area (Å²) in [6.07, 6.45) is 2.33. The van der Waals surface area contributed by atoms with Crippen LogP contribution in [0.4, 0.5) is 0 Å². The van der Waals surface area contributed by atoms with Gasteiger partial charge in [-0.3, -0.25) is 4.79 Å². The molecule has 0 saturated heterocycles. The molecule has 0 bridgehead atoms. The van der Waals surface area contributed by atoms with Gasteiger partial charge in [0.25, 0.3) is 0 Å². The minimum absolute atomic E-state index is 0.447. The number of carboxylic acid groups (broad SMARTS) is 1. The molecule has 4 nitrogen and oxygen atoms in total. The number of aliphatic carboxylic acids is 1. The van der Waals surface area contributed by atoms with Gasteiger partial charge in [-0.25, -0.2) is 0 Å². The van der Waals surface area contributed by atoms with E-state index in [4.69, 9.17) is 0 Å². The summed E-state index contributed by atoms with van der Waals surface area (Å²) in [6, 6.07) is 7.89. The highest BCUT2D eigenvalue weighted by Crippen LogP contribution is 2.22. The first-order valence-corrected chi connectivity index (χ1v) is 5.54. The topological polar surface area (TPSA) is 65.1 Å². The van der Waals surface area contributed by atoms with E-state index in [0.717, 1.165) is 16.5 Å². The van der Waals surface area contributed by atoms with Crippen LogP contribution in [0.2, 0.25) is 0 Å². The maximum absolute atomic E-state index is 11.2. The van der Waals surface area contributed by atoms with Gasteiger partial charge in [0, 0.05) is 23.5 Å². The molecule has 0 unspecified atom stereocenters. The molecular formula is C13H16N2O2. The zero-order valence-electron chi connectivity index (χ0n) is 9.95. The first-order chi connectivity index (χ1) is 8.07. The van der Waals surface area contributed by atoms with E-state index in [9.17, 15) is 9.90 Å². The first-order valence-electron chi connectivity index (χ1n) is 5.54. The summed E-state index contributed by atoms with van der Waals surface area (Å²) in [5.74, 6) is -0.842. The molecule has 2 aromatic rings. The van der Waals surface area contributed by atoms with Crippen LogP contribution in [0.5, 0.6) is 0 Å². The van der Waals surface area contributed by atoms with E-state index in [1.54, 1.807) is 14.0 Å². The fourth-order valence-corrected chi connectivity index (χ4v) is 1.93. The lowest BCUT2D eigenvalue weighted by Gasteiger charge is -2.23. The van der Waals surface area contributed by atoms with Crippen LogP contribution < -0.4 is 5.32 Å². The maximum Gasteiger partial charge on any atom is 0.323 e. The summed E-state index contributed by atoms with van der Waals surface area (Å²) in [6.45, 7) is 1.69. The van der Waals surface area contributed by atoms with Gasteiger partial charge < -0.3 is 15.4 Å². The van der Waals surface area contributed by atoms with Crippen molar-refractivity contribution in [2.45, 2.75) is 18.9 Å². The Balaban J connectivity index is 2.38. The number of aromatic nitrogens is 1. The van der Waals surface area contributed by atoms with Crippen LogP contribution >= 0.6 is 0 Å². The Morgan fingerprint density at radius 1 is 1.47 bits per heavy atom. The van der Waals surface area contributed by atoms with E-state index in [1.807, 2.05) is 30.5 Å². The molecule has 0 aliphatic carbocycles. The van der Waals surface area contributed by atoms with Crippen molar-refractivity contribution in [3.05, 3.63) is 36.0 Å². The summed E-state index contributed by atoms with van der Waals surface area (Å²) in [5, 5.41) is 13.2. The van der Waals surface area contributed by atoms with E-state index in [0.29, 0.717) is 6.42 Å². The Morgan fingerprint density at radius 3 is 2.82 bits per heavy atom. The third kappa shape index (κ3) is 2.03. The van der Waals surface area contributed by atoms with Gasteiger partial charge >= 0.3 is 5.97 Å². The number of H-pyrrole nitrogens is 1. The molecule has 0 radical (unpaired) electrons. The molecular weight excluding hydrogens is 216 g/mol. The Bertz CT molecular complexity index is 547. The first kappa shape index (κ1) is 11.7. The van der Waals surface area contributed by atoms with Crippen molar-refractivity contribution in [2.24, 2.45) is 0 Å². The molecule has 2 rings (SSSR count). The summed E-state index contributed by atoms with van der Waals surface area (Å²) >= 11 is 0. The number of para-hydroxylation sites is 1. The minimum atomic E-state index is -0.940. The van der Waals surface area contributed by atoms with Gasteiger partial charge in [0.2, 0.25) is 0 Å². The highest BCUT2D eigenvalue weighted by Gasteiger charge is 2.32. The Labute approximate surface area is 99.7 Å². The number of hydrogen-bond acceptors (Lipinski definition) is 2. The largest absolute Gasteiger partial charge is 0.480 e. The smallest absolute Gasteiger partial charge is 0.323 e. The van der Waals surface area contributed by atoms with Crippen molar-refractivity contribution >= 4 is 16.9 Å². The van der Waals surface area contributed by atoms with Gasteiger partial charge in [0.1, 0.15) is 5.54 Å². The fourth-order valence-electron chi connectivity index (χ4n) is 1.93. The second-order valence-corrected chi connectivity index (χ2v) is 4.42. The number of likely N-dealkylation sites (N-methyl/N-ethyl adjacent to an activating group) is 1. The zero-order valence-corrected chi connectivity index (χ0v) is 9.95. The molecule has 3 N–H and O–H groups in total. The van der Waals surface area contributed by atoms with Gasteiger partial charge in [0.15, 0.2) is 0 Å². The lowest BCUT2D eigenvalue weighted by molar-refractivity contribution is -0.143. The van der Waals surface area contributed by atoms with E-state index in [1.165, 1.54) is 0 Å². The number of carboxylic acids is 1. The number of benzene rings is 1. The highest BCUT2D eigenvalue weighted by molar-refractivity contribution is 5.85. The third-order valence-electron chi connectivity index (χ3n) is 3.24. The average Bonchev–Trinajstić information content (AvgIpc) is 2.72. The summed E-state index contributed by atoms with van der Waals surface area (Å²) in [5.41, 5.74) is 1.11. The van der Waals surface area contributed by atoms with Crippen molar-refractivity contribution in [1.82, 2.24) is 10.3 Å². The number of hydrogen-bond donors (Lipinski definition) is 3. The monoisotopic (exact) mass is 232 g/mol. The molecule has 1 atom stereocenters. The van der Waals surface area contributed by atoms with Crippen LogP contribution in [0.15, 0.2) is 30.5 Å². The molecule has 0 aliphatic heterocycles. The predicted octanol–water partition coefficient (Wildman–Crippen LogP) is 1.77. The molecule has 1 aromatic heterocycles. The molecule has 1 heterocycles. The average molecular weight is 232 g/mol. The van der Waals surface area contributed by atoms with E-state index in [2.05, 4.69) is 10.3 Å². The van der Waals surface area contributed by atoms with Crippen LogP contribution in [0.1, 0.15) is 12.5 Å². The van der Waals surface area contributed by atoms with Crippen molar-refractivity contribution in [2.75, 3.05) is 7.05 Å². The van der Waals surface area contributed by atoms with Crippen molar-refractivity contribution in [3.63, 3.8) is 0 Å². The normalized spacial score (nSPS) is 14.7. The SMILES string of the molecule is CN[C@](C)(Cc1c[nH]c2ccccc12)C(=O)O. The van der Waals surface area contributed by atoms with Gasteiger partial charge in [-0.15, -0.1) is 0 Å². The quantitative estimate of drug-likeness (QED) is 0.752. The number of carbonyl (C=O) groups is 1. The van der Waals surface area contributed by atoms with Gasteiger partial charge in [0.05, 0.1) is 0 Å². The molecule has 4 heteroatoms. The summed E-state index contributed by atoms with van der Waals surface area (Å²) in [7, 11) is 1.67. The third-order valence-corrected chi connectivity index (χ3v) is 3.24. The van der Waals surface area contributed by atoms with Crippen LogP contribution in [0.25, 0.3) is 10.9 Å². The van der Waals surface area contributed by atoms with Crippen LogP contribution in [0, 0.1) is 0 Å². The Kier molecular flexibility index (Phi) is 2.90. The Morgan fingerprint density at radius 2 is 2.18 bits per heavy atom. The van der Waals surface area contributed by atoms with Gasteiger partial charge in [-0.2, -0.15) is 0 Å². The lowest BCUT2D eigenvalue weighted by atomic mass is 9.93. The standard InChI is InChI=1S/C13H16N2O2/c1-13(14-2,12(16)17)7-9-8-15-11-6-4-3-5-10(9)11/h3-6,8,14-15H,7H2,1-2H3,(H,16,17)/t13-/m1/s1. The number of fused-ring (bicyclic) bond motifs is 1. The molecule has 0 fully saturated rings. The number of nitrogens with one attached hydrogen (secondary N) is 2. The minimum Gasteiger partial charge on any atom is -0.480 e. The molecule has 0 aliphatic rings. The van der Waals surface area contributed by atoms with Gasteiger partial charge in [-0.1, -0.05) is 18.2 Å².